The minimum Gasteiger partial charge on any atom is -0.300 e. The van der Waals surface area contributed by atoms with Gasteiger partial charge in [-0.1, -0.05) is 79.4 Å². The maximum atomic E-state index is 11.7. The average Bonchev–Trinajstić information content (AvgIpc) is 2.91. The maximum Gasteiger partial charge on any atom is 0.226 e. The van der Waals surface area contributed by atoms with Crippen molar-refractivity contribution in [2.75, 3.05) is 11.1 Å². The molecule has 1 aromatic carbocycles. The highest BCUT2D eigenvalue weighted by molar-refractivity contribution is 8.01. The number of anilines is 1. The lowest BCUT2D eigenvalue weighted by atomic mass is 10.1. The van der Waals surface area contributed by atoms with Crippen LogP contribution in [0.3, 0.4) is 0 Å². The summed E-state index contributed by atoms with van der Waals surface area (Å²) < 4.78 is 0.859. The van der Waals surface area contributed by atoms with Gasteiger partial charge in [0, 0.05) is 12.2 Å². The van der Waals surface area contributed by atoms with Gasteiger partial charge >= 0.3 is 0 Å². The van der Waals surface area contributed by atoms with Gasteiger partial charge in [-0.25, -0.2) is 0 Å². The van der Waals surface area contributed by atoms with Gasteiger partial charge in [-0.15, -0.1) is 10.2 Å². The van der Waals surface area contributed by atoms with Gasteiger partial charge in [-0.2, -0.15) is 0 Å². The normalized spacial score (nSPS) is 11.2. The lowest BCUT2D eigenvalue weighted by molar-refractivity contribution is -0.116. The van der Waals surface area contributed by atoms with Crippen LogP contribution < -0.4 is 5.32 Å². The Bertz CT molecular complexity index is 623. The number of nitrogens with one attached hydrogen (secondary N) is 1. The zero-order valence-corrected chi connectivity index (χ0v) is 14.3. The molecule has 4 nitrogen and oxygen atoms in total. The van der Waals surface area contributed by atoms with Crippen molar-refractivity contribution in [3.05, 3.63) is 42.0 Å². The molecule has 0 aliphatic rings. The molecule has 2 rings (SSSR count). The number of hydrogen-bond donors (Lipinski definition) is 1. The van der Waals surface area contributed by atoms with Gasteiger partial charge in [-0.3, -0.25) is 4.79 Å². The Labute approximate surface area is 139 Å². The molecule has 0 saturated heterocycles. The van der Waals surface area contributed by atoms with E-state index >= 15 is 0 Å². The first-order valence-corrected chi connectivity index (χ1v) is 8.91. The highest BCUT2D eigenvalue weighted by Crippen LogP contribution is 2.25. The Morgan fingerprint density at radius 1 is 1.32 bits per heavy atom. The van der Waals surface area contributed by atoms with Crippen LogP contribution in [-0.2, 0) is 4.79 Å². The van der Waals surface area contributed by atoms with Crippen LogP contribution >= 0.6 is 23.1 Å². The van der Waals surface area contributed by atoms with Crippen LogP contribution in [0.15, 0.2) is 40.7 Å². The summed E-state index contributed by atoms with van der Waals surface area (Å²) >= 11 is 3.02. The molecule has 0 saturated carbocycles. The summed E-state index contributed by atoms with van der Waals surface area (Å²) in [6.07, 6.45) is 4.68. The predicted molar refractivity (Wildman–Crippen MR) is 94.2 cm³/mol. The summed E-state index contributed by atoms with van der Waals surface area (Å²) in [5.74, 6) is 1.15. The number of benzene rings is 1. The Hall–Kier alpha value is -1.66. The zero-order chi connectivity index (χ0) is 15.8. The van der Waals surface area contributed by atoms with E-state index in [0.29, 0.717) is 17.5 Å². The molecule has 0 aliphatic heterocycles. The van der Waals surface area contributed by atoms with Crippen LogP contribution in [0.5, 0.6) is 0 Å². The molecule has 22 heavy (non-hydrogen) atoms. The number of thioether (sulfide) groups is 1. The first kappa shape index (κ1) is 16.7. The Balaban J connectivity index is 1.77. The molecule has 0 spiro atoms. The van der Waals surface area contributed by atoms with Gasteiger partial charge in [0.15, 0.2) is 4.34 Å². The van der Waals surface area contributed by atoms with Crippen molar-refractivity contribution >= 4 is 40.2 Å². The lowest BCUT2D eigenvalue weighted by Crippen LogP contribution is -2.13. The van der Waals surface area contributed by atoms with Crippen molar-refractivity contribution < 1.29 is 4.79 Å². The first-order chi connectivity index (χ1) is 10.6. The van der Waals surface area contributed by atoms with Crippen molar-refractivity contribution in [1.29, 1.82) is 0 Å². The van der Waals surface area contributed by atoms with Gasteiger partial charge in [0.2, 0.25) is 11.0 Å². The third-order valence-corrected chi connectivity index (χ3v) is 4.58. The van der Waals surface area contributed by atoms with Gasteiger partial charge in [-0.05, 0) is 11.5 Å². The molecule has 0 atom stereocenters. The molecule has 0 unspecified atom stereocenters. The standard InChI is InChI=1S/C16H19N3OS2/c1-12(2)11-14(20)17-15-18-19-16(22-15)21-10-6-9-13-7-4-3-5-8-13/h3-9,12H,10-11H2,1-2H3,(H,17,18,20)/b9-6+. The van der Waals surface area contributed by atoms with Gasteiger partial charge < -0.3 is 5.32 Å². The number of rotatable bonds is 7. The number of nitrogens with zero attached hydrogens (tertiary/aromatic N) is 2. The lowest BCUT2D eigenvalue weighted by Gasteiger charge is -2.02. The van der Waals surface area contributed by atoms with Crippen LogP contribution in [0.1, 0.15) is 25.8 Å². The largest absolute Gasteiger partial charge is 0.300 e. The molecule has 0 radical (unpaired) electrons. The summed E-state index contributed by atoms with van der Waals surface area (Å²) in [6, 6.07) is 10.2. The van der Waals surface area contributed by atoms with Crippen molar-refractivity contribution in [1.82, 2.24) is 10.2 Å². The molecule has 1 heterocycles. The zero-order valence-electron chi connectivity index (χ0n) is 12.7. The SMILES string of the molecule is CC(C)CC(=O)Nc1nnc(SC/C=C/c2ccccc2)s1. The third-order valence-electron chi connectivity index (χ3n) is 2.66. The molecular weight excluding hydrogens is 314 g/mol. The third kappa shape index (κ3) is 5.99. The second kappa shape index (κ2) is 8.70. The number of amides is 1. The van der Waals surface area contributed by atoms with E-state index < -0.39 is 0 Å². The number of aromatic nitrogens is 2. The van der Waals surface area contributed by atoms with E-state index in [4.69, 9.17) is 0 Å². The Kier molecular flexibility index (Phi) is 6.61. The van der Waals surface area contributed by atoms with Gasteiger partial charge in [0.25, 0.3) is 0 Å². The van der Waals surface area contributed by atoms with Crippen molar-refractivity contribution in [2.24, 2.45) is 5.92 Å². The molecule has 2 aromatic rings. The first-order valence-electron chi connectivity index (χ1n) is 7.11. The van der Waals surface area contributed by atoms with E-state index in [2.05, 4.69) is 39.8 Å². The van der Waals surface area contributed by atoms with E-state index in [0.717, 1.165) is 10.1 Å². The molecule has 1 amide bonds. The summed E-state index contributed by atoms with van der Waals surface area (Å²) in [5.41, 5.74) is 1.18. The summed E-state index contributed by atoms with van der Waals surface area (Å²) in [5, 5.41) is 11.4. The van der Waals surface area contributed by atoms with Gasteiger partial charge in [0.1, 0.15) is 0 Å². The van der Waals surface area contributed by atoms with E-state index in [-0.39, 0.29) is 5.91 Å². The van der Waals surface area contributed by atoms with E-state index in [9.17, 15) is 4.79 Å². The topological polar surface area (TPSA) is 54.9 Å². The summed E-state index contributed by atoms with van der Waals surface area (Å²) in [6.45, 7) is 4.03. The number of carbonyl (C=O) groups excluding carboxylic acids is 1. The predicted octanol–water partition coefficient (Wildman–Crippen LogP) is 4.33. The number of hydrogen-bond acceptors (Lipinski definition) is 5. The average molecular weight is 333 g/mol. The van der Waals surface area contributed by atoms with Crippen molar-refractivity contribution in [3.63, 3.8) is 0 Å². The smallest absolute Gasteiger partial charge is 0.226 e. The van der Waals surface area contributed by atoms with Crippen LogP contribution in [0.25, 0.3) is 6.08 Å². The molecule has 6 heteroatoms. The second-order valence-corrected chi connectivity index (χ2v) is 7.39. The molecule has 0 bridgehead atoms. The van der Waals surface area contributed by atoms with Crippen LogP contribution in [0.2, 0.25) is 0 Å². The van der Waals surface area contributed by atoms with E-state index in [1.54, 1.807) is 11.8 Å². The molecular formula is C16H19N3OS2. The van der Waals surface area contributed by atoms with Crippen LogP contribution in [-0.4, -0.2) is 21.9 Å². The fourth-order valence-electron chi connectivity index (χ4n) is 1.73. The fourth-order valence-corrected chi connectivity index (χ4v) is 3.33. The summed E-state index contributed by atoms with van der Waals surface area (Å²) in [4.78, 5) is 11.7. The molecule has 116 valence electrons. The minimum atomic E-state index is -0.00771. The molecule has 0 fully saturated rings. The van der Waals surface area contributed by atoms with Crippen molar-refractivity contribution in [3.8, 4) is 0 Å². The Morgan fingerprint density at radius 2 is 2.09 bits per heavy atom. The van der Waals surface area contributed by atoms with Crippen LogP contribution in [0.4, 0.5) is 5.13 Å². The van der Waals surface area contributed by atoms with E-state index in [1.807, 2.05) is 32.0 Å². The Morgan fingerprint density at radius 3 is 2.82 bits per heavy atom. The van der Waals surface area contributed by atoms with Gasteiger partial charge in [0.05, 0.1) is 0 Å². The molecule has 0 aliphatic carbocycles. The summed E-state index contributed by atoms with van der Waals surface area (Å²) in [7, 11) is 0. The monoisotopic (exact) mass is 333 g/mol. The second-order valence-electron chi connectivity index (χ2n) is 5.14. The number of carbonyl (C=O) groups is 1. The minimum absolute atomic E-state index is 0.00771. The van der Waals surface area contributed by atoms with Crippen LogP contribution in [0, 0.1) is 5.92 Å². The molecule has 1 aromatic heterocycles. The highest BCUT2D eigenvalue weighted by atomic mass is 32.2. The molecule has 1 N–H and O–H groups in total. The highest BCUT2D eigenvalue weighted by Gasteiger charge is 2.09. The maximum absolute atomic E-state index is 11.7. The fraction of sp³-hybridized carbons (Fsp3) is 0.312. The van der Waals surface area contributed by atoms with E-state index in [1.165, 1.54) is 16.9 Å². The quantitative estimate of drug-likeness (QED) is 0.605. The van der Waals surface area contributed by atoms with Crippen molar-refractivity contribution in [2.45, 2.75) is 24.6 Å².